The standard InChI is InChI=1S/C23H27BrO4/c1-5-17-20(26)19(21(27)23(6-2,7-3)22(17)28-4)18(25)13-12-15-8-10-16(14-24)11-9-15/h8-13,26H,5-7,14H2,1-4H3/b13-12+. The largest absolute Gasteiger partial charge is 0.507 e. The van der Waals surface area contributed by atoms with E-state index in [-0.39, 0.29) is 17.1 Å². The Morgan fingerprint density at radius 1 is 1.18 bits per heavy atom. The molecule has 0 spiro atoms. The summed E-state index contributed by atoms with van der Waals surface area (Å²) in [4.78, 5) is 26.2. The molecule has 1 aliphatic rings. The van der Waals surface area contributed by atoms with Crippen molar-refractivity contribution in [3.05, 3.63) is 64.1 Å². The van der Waals surface area contributed by atoms with E-state index in [2.05, 4.69) is 15.9 Å². The molecular formula is C23H27BrO4. The van der Waals surface area contributed by atoms with E-state index < -0.39 is 11.2 Å². The second kappa shape index (κ2) is 9.37. The van der Waals surface area contributed by atoms with Crippen LogP contribution in [0.15, 0.2) is 53.0 Å². The summed E-state index contributed by atoms with van der Waals surface area (Å²) in [6.07, 6.45) is 4.48. The van der Waals surface area contributed by atoms with Crippen molar-refractivity contribution in [3.63, 3.8) is 0 Å². The number of methoxy groups -OCH3 is 1. The maximum absolute atomic E-state index is 13.3. The van der Waals surface area contributed by atoms with Crippen LogP contribution in [0.4, 0.5) is 0 Å². The summed E-state index contributed by atoms with van der Waals surface area (Å²) in [6.45, 7) is 5.68. The molecule has 0 fully saturated rings. The lowest BCUT2D eigenvalue weighted by molar-refractivity contribution is -0.128. The van der Waals surface area contributed by atoms with E-state index in [1.165, 1.54) is 13.2 Å². The van der Waals surface area contributed by atoms with Crippen molar-refractivity contribution < 1.29 is 19.4 Å². The molecule has 0 bridgehead atoms. The van der Waals surface area contributed by atoms with E-state index >= 15 is 0 Å². The number of benzene rings is 1. The van der Waals surface area contributed by atoms with Gasteiger partial charge in [-0.3, -0.25) is 9.59 Å². The zero-order valence-corrected chi connectivity index (χ0v) is 18.4. The molecule has 0 radical (unpaired) electrons. The Balaban J connectivity index is 2.48. The molecule has 0 saturated carbocycles. The summed E-state index contributed by atoms with van der Waals surface area (Å²) in [5.74, 6) is -0.632. The van der Waals surface area contributed by atoms with Crippen molar-refractivity contribution in [2.45, 2.75) is 45.4 Å². The van der Waals surface area contributed by atoms with Crippen LogP contribution >= 0.6 is 15.9 Å². The van der Waals surface area contributed by atoms with Crippen LogP contribution < -0.4 is 0 Å². The zero-order chi connectivity index (χ0) is 20.9. The fraction of sp³-hybridized carbons (Fsp3) is 0.391. The number of carbonyl (C=O) groups excluding carboxylic acids is 2. The van der Waals surface area contributed by atoms with E-state index in [0.29, 0.717) is 30.6 Å². The zero-order valence-electron chi connectivity index (χ0n) is 16.8. The summed E-state index contributed by atoms with van der Waals surface area (Å²) < 4.78 is 5.54. The van der Waals surface area contributed by atoms with Gasteiger partial charge in [-0.05, 0) is 36.5 Å². The Kier molecular flexibility index (Phi) is 7.41. The Hall–Kier alpha value is -2.14. The number of hydrogen-bond donors (Lipinski definition) is 1. The number of rotatable bonds is 8. The number of aliphatic hydroxyl groups excluding tert-OH is 1. The van der Waals surface area contributed by atoms with Crippen LogP contribution in [0.25, 0.3) is 6.08 Å². The average Bonchev–Trinajstić information content (AvgIpc) is 2.72. The summed E-state index contributed by atoms with van der Waals surface area (Å²) in [5, 5.41) is 11.5. The number of hydrogen-bond acceptors (Lipinski definition) is 4. The minimum absolute atomic E-state index is 0.144. The van der Waals surface area contributed by atoms with E-state index in [1.54, 1.807) is 6.08 Å². The SMILES string of the molecule is CCC1=C(OC)C(CC)(CC)C(=O)C(C(=O)/C=C/c2ccc(CBr)cc2)=C1O. The van der Waals surface area contributed by atoms with Gasteiger partial charge in [-0.15, -0.1) is 0 Å². The van der Waals surface area contributed by atoms with Gasteiger partial charge in [0.1, 0.15) is 17.1 Å². The van der Waals surface area contributed by atoms with E-state index in [9.17, 15) is 14.7 Å². The highest BCUT2D eigenvalue weighted by molar-refractivity contribution is 9.08. The summed E-state index contributed by atoms with van der Waals surface area (Å²) in [5.41, 5.74) is 1.45. The fourth-order valence-corrected chi connectivity index (χ4v) is 4.11. The number of Topliss-reactive ketones (excluding diaryl/α,β-unsaturated/α-hetero) is 1. The molecule has 0 aliphatic heterocycles. The number of aliphatic hydroxyl groups is 1. The van der Waals surface area contributed by atoms with Crippen molar-refractivity contribution >= 4 is 33.6 Å². The Bertz CT molecular complexity index is 840. The normalized spacial score (nSPS) is 16.8. The molecule has 28 heavy (non-hydrogen) atoms. The predicted molar refractivity (Wildman–Crippen MR) is 115 cm³/mol. The minimum atomic E-state index is -0.914. The molecule has 0 unspecified atom stereocenters. The molecule has 2 rings (SSSR count). The summed E-state index contributed by atoms with van der Waals surface area (Å²) in [6, 6.07) is 7.73. The molecule has 0 heterocycles. The molecule has 1 aromatic carbocycles. The molecular weight excluding hydrogens is 420 g/mol. The first-order chi connectivity index (χ1) is 13.4. The van der Waals surface area contributed by atoms with Gasteiger partial charge in [0.2, 0.25) is 0 Å². The molecule has 0 saturated heterocycles. The van der Waals surface area contributed by atoms with E-state index in [1.807, 2.05) is 45.0 Å². The van der Waals surface area contributed by atoms with Crippen molar-refractivity contribution in [2.75, 3.05) is 7.11 Å². The number of ketones is 2. The van der Waals surface area contributed by atoms with E-state index in [4.69, 9.17) is 4.74 Å². The Morgan fingerprint density at radius 3 is 2.25 bits per heavy atom. The van der Waals surface area contributed by atoms with Crippen molar-refractivity contribution in [2.24, 2.45) is 5.41 Å². The minimum Gasteiger partial charge on any atom is -0.507 e. The van der Waals surface area contributed by atoms with Gasteiger partial charge in [-0.25, -0.2) is 0 Å². The third-order valence-corrected chi connectivity index (χ3v) is 6.11. The van der Waals surface area contributed by atoms with Gasteiger partial charge in [0.25, 0.3) is 0 Å². The molecule has 5 heteroatoms. The first-order valence-electron chi connectivity index (χ1n) is 9.53. The summed E-state index contributed by atoms with van der Waals surface area (Å²) >= 11 is 3.40. The highest BCUT2D eigenvalue weighted by Gasteiger charge is 2.49. The Labute approximate surface area is 175 Å². The number of alkyl halides is 1. The highest BCUT2D eigenvalue weighted by Crippen LogP contribution is 2.46. The van der Waals surface area contributed by atoms with Crippen molar-refractivity contribution in [1.29, 1.82) is 0 Å². The number of halogens is 1. The van der Waals surface area contributed by atoms with Gasteiger partial charge < -0.3 is 9.84 Å². The Morgan fingerprint density at radius 2 is 1.79 bits per heavy atom. The number of carbonyl (C=O) groups is 2. The molecule has 0 amide bonds. The first kappa shape index (κ1) is 22.2. The van der Waals surface area contributed by atoms with Crippen LogP contribution in [-0.2, 0) is 19.7 Å². The maximum Gasteiger partial charge on any atom is 0.193 e. The van der Waals surface area contributed by atoms with Crippen LogP contribution in [0.1, 0.15) is 51.2 Å². The third-order valence-electron chi connectivity index (χ3n) is 5.47. The molecule has 150 valence electrons. The topological polar surface area (TPSA) is 63.6 Å². The third kappa shape index (κ3) is 3.86. The van der Waals surface area contributed by atoms with Crippen LogP contribution in [0.5, 0.6) is 0 Å². The fourth-order valence-electron chi connectivity index (χ4n) is 3.74. The van der Waals surface area contributed by atoms with Crippen LogP contribution in [0, 0.1) is 5.41 Å². The molecule has 1 aliphatic carbocycles. The molecule has 1 N–H and O–H groups in total. The number of ether oxygens (including phenoxy) is 1. The van der Waals surface area contributed by atoms with Gasteiger partial charge in [-0.1, -0.05) is 67.0 Å². The molecule has 4 nitrogen and oxygen atoms in total. The van der Waals surface area contributed by atoms with Gasteiger partial charge in [-0.2, -0.15) is 0 Å². The smallest absolute Gasteiger partial charge is 0.193 e. The quantitative estimate of drug-likeness (QED) is 0.317. The van der Waals surface area contributed by atoms with Gasteiger partial charge in [0.05, 0.1) is 12.5 Å². The molecule has 0 atom stereocenters. The van der Waals surface area contributed by atoms with Crippen LogP contribution in [0.2, 0.25) is 0 Å². The average molecular weight is 447 g/mol. The predicted octanol–water partition coefficient (Wildman–Crippen LogP) is 5.68. The first-order valence-corrected chi connectivity index (χ1v) is 10.7. The number of allylic oxidation sites excluding steroid dienone is 4. The lowest BCUT2D eigenvalue weighted by Crippen LogP contribution is -2.40. The van der Waals surface area contributed by atoms with Crippen LogP contribution in [0.3, 0.4) is 0 Å². The second-order valence-corrected chi connectivity index (χ2v) is 7.34. The lowest BCUT2D eigenvalue weighted by atomic mass is 9.68. The molecule has 1 aromatic rings. The van der Waals surface area contributed by atoms with Crippen LogP contribution in [-0.4, -0.2) is 23.8 Å². The monoisotopic (exact) mass is 446 g/mol. The van der Waals surface area contributed by atoms with Gasteiger partial charge in [0.15, 0.2) is 11.6 Å². The maximum atomic E-state index is 13.3. The van der Waals surface area contributed by atoms with Gasteiger partial charge in [0, 0.05) is 10.9 Å². The molecule has 0 aromatic heterocycles. The summed E-state index contributed by atoms with van der Waals surface area (Å²) in [7, 11) is 1.51. The van der Waals surface area contributed by atoms with Gasteiger partial charge >= 0.3 is 0 Å². The van der Waals surface area contributed by atoms with E-state index in [0.717, 1.165) is 16.5 Å². The van der Waals surface area contributed by atoms with Crippen molar-refractivity contribution in [3.8, 4) is 0 Å². The van der Waals surface area contributed by atoms with Crippen molar-refractivity contribution in [1.82, 2.24) is 0 Å². The highest BCUT2D eigenvalue weighted by atomic mass is 79.9. The second-order valence-electron chi connectivity index (χ2n) is 6.78. The lowest BCUT2D eigenvalue weighted by Gasteiger charge is -2.37.